The van der Waals surface area contributed by atoms with Crippen molar-refractivity contribution < 1.29 is 23.1 Å². The lowest BCUT2D eigenvalue weighted by Crippen LogP contribution is -2.24. The Labute approximate surface area is 209 Å². The summed E-state index contributed by atoms with van der Waals surface area (Å²) in [5.41, 5.74) is 7.99. The smallest absolute Gasteiger partial charge is 0.258 e. The highest BCUT2D eigenvalue weighted by molar-refractivity contribution is 7.17. The number of aryl methyl sites for hydroxylation is 1. The molecular weight excluding hydrogens is 485 g/mol. The molecule has 0 saturated heterocycles. The first kappa shape index (κ1) is 23.6. The van der Waals surface area contributed by atoms with Gasteiger partial charge in [-0.15, -0.1) is 21.5 Å². The molecule has 11 heteroatoms. The van der Waals surface area contributed by atoms with E-state index >= 15 is 0 Å². The van der Waals surface area contributed by atoms with E-state index in [0.717, 1.165) is 6.42 Å². The summed E-state index contributed by atoms with van der Waals surface area (Å²) in [4.78, 5) is 32.9. The molecule has 0 bridgehead atoms. The molecule has 9 nitrogen and oxygen atoms in total. The highest BCUT2D eigenvalue weighted by Gasteiger charge is 2.36. The van der Waals surface area contributed by atoms with Gasteiger partial charge in [-0.3, -0.25) is 14.6 Å². The molecule has 1 aliphatic heterocycles. The Morgan fingerprint density at radius 1 is 1.17 bits per heavy atom. The molecule has 36 heavy (non-hydrogen) atoms. The second-order valence-electron chi connectivity index (χ2n) is 8.25. The number of thiophene rings is 1. The van der Waals surface area contributed by atoms with Crippen LogP contribution in [0.3, 0.4) is 0 Å². The number of hydrogen-bond acceptors (Lipinski definition) is 8. The van der Waals surface area contributed by atoms with Crippen LogP contribution in [0, 0.1) is 12.7 Å². The molecule has 0 unspecified atom stereocenters. The van der Waals surface area contributed by atoms with Gasteiger partial charge in [0.2, 0.25) is 11.8 Å². The van der Waals surface area contributed by atoms with E-state index in [4.69, 9.17) is 19.9 Å². The number of benzene rings is 1. The lowest BCUT2D eigenvalue weighted by Gasteiger charge is -2.15. The minimum absolute atomic E-state index is 0.00130. The number of carbonyl (C=O) groups is 2. The Hall–Kier alpha value is -4.12. The van der Waals surface area contributed by atoms with Crippen LogP contribution in [0.4, 0.5) is 4.39 Å². The van der Waals surface area contributed by atoms with Gasteiger partial charge in [-0.1, -0.05) is 6.92 Å². The average Bonchev–Trinajstić information content (AvgIpc) is 3.58. The van der Waals surface area contributed by atoms with E-state index in [1.165, 1.54) is 35.6 Å². The van der Waals surface area contributed by atoms with E-state index in [0.29, 0.717) is 62.6 Å². The van der Waals surface area contributed by atoms with Crippen molar-refractivity contribution in [2.75, 3.05) is 6.54 Å². The van der Waals surface area contributed by atoms with Crippen molar-refractivity contribution in [3.63, 3.8) is 0 Å². The van der Waals surface area contributed by atoms with Gasteiger partial charge in [0.25, 0.3) is 11.8 Å². The molecule has 0 aliphatic carbocycles. The molecule has 1 aliphatic rings. The Morgan fingerprint density at radius 2 is 1.94 bits per heavy atom. The largest absolute Gasteiger partial charge is 0.487 e. The molecule has 0 fully saturated rings. The molecule has 0 saturated carbocycles. The SMILES string of the molecule is CCCN1Cc2nc(COc3ccc(F)cc3)c(-c3nnc(C)o3)c(-c3ccc(C(N)=O)s3)c2C1=O. The van der Waals surface area contributed by atoms with Crippen molar-refractivity contribution >= 4 is 23.2 Å². The quantitative estimate of drug-likeness (QED) is 0.376. The van der Waals surface area contributed by atoms with Gasteiger partial charge < -0.3 is 19.8 Å². The molecular formula is C25H22FN5O4S. The Morgan fingerprint density at radius 3 is 2.58 bits per heavy atom. The zero-order valence-electron chi connectivity index (χ0n) is 19.6. The Balaban J connectivity index is 1.71. The number of fused-ring (bicyclic) bond motifs is 1. The van der Waals surface area contributed by atoms with Gasteiger partial charge in [0.15, 0.2) is 0 Å². The van der Waals surface area contributed by atoms with Crippen LogP contribution in [0.15, 0.2) is 40.8 Å². The van der Waals surface area contributed by atoms with Crippen molar-refractivity contribution in [2.24, 2.45) is 5.73 Å². The molecule has 1 aromatic carbocycles. The fourth-order valence-electron chi connectivity index (χ4n) is 4.16. The topological polar surface area (TPSA) is 124 Å². The van der Waals surface area contributed by atoms with E-state index < -0.39 is 5.91 Å². The van der Waals surface area contributed by atoms with Crippen LogP contribution in [0.2, 0.25) is 0 Å². The van der Waals surface area contributed by atoms with Crippen molar-refractivity contribution in [2.45, 2.75) is 33.4 Å². The first-order valence-electron chi connectivity index (χ1n) is 11.3. The van der Waals surface area contributed by atoms with Crippen LogP contribution in [-0.4, -0.2) is 38.4 Å². The predicted octanol–water partition coefficient (Wildman–Crippen LogP) is 4.35. The summed E-state index contributed by atoms with van der Waals surface area (Å²) in [5.74, 6) is -0.141. The first-order valence-corrected chi connectivity index (χ1v) is 12.1. The van der Waals surface area contributed by atoms with Crippen LogP contribution in [0.5, 0.6) is 5.75 Å². The van der Waals surface area contributed by atoms with Crippen LogP contribution in [0.1, 0.15) is 50.7 Å². The van der Waals surface area contributed by atoms with E-state index in [-0.39, 0.29) is 24.2 Å². The molecule has 2 N–H and O–H groups in total. The number of carbonyl (C=O) groups excluding carboxylic acids is 2. The fraction of sp³-hybridized carbons (Fsp3) is 0.240. The minimum atomic E-state index is -0.564. The highest BCUT2D eigenvalue weighted by Crippen LogP contribution is 2.43. The van der Waals surface area contributed by atoms with Crippen LogP contribution in [-0.2, 0) is 13.2 Å². The van der Waals surface area contributed by atoms with Gasteiger partial charge >= 0.3 is 0 Å². The van der Waals surface area contributed by atoms with Gasteiger partial charge in [0, 0.05) is 23.9 Å². The first-order chi connectivity index (χ1) is 17.4. The Bertz CT molecular complexity index is 1460. The summed E-state index contributed by atoms with van der Waals surface area (Å²) in [5, 5.41) is 8.17. The molecule has 4 aromatic rings. The molecule has 5 rings (SSSR count). The third-order valence-corrected chi connectivity index (χ3v) is 6.82. The van der Waals surface area contributed by atoms with Gasteiger partial charge in [-0.05, 0) is 42.8 Å². The molecule has 0 atom stereocenters. The Kier molecular flexibility index (Phi) is 6.23. The number of nitrogens with zero attached hydrogens (tertiary/aromatic N) is 4. The normalized spacial score (nSPS) is 12.8. The second kappa shape index (κ2) is 9.50. The van der Waals surface area contributed by atoms with Crippen LogP contribution < -0.4 is 10.5 Å². The van der Waals surface area contributed by atoms with E-state index in [1.807, 2.05) is 6.92 Å². The maximum Gasteiger partial charge on any atom is 0.258 e. The third-order valence-electron chi connectivity index (χ3n) is 5.71. The number of aromatic nitrogens is 3. The molecule has 184 valence electrons. The summed E-state index contributed by atoms with van der Waals surface area (Å²) in [6.07, 6.45) is 0.788. The predicted molar refractivity (Wildman–Crippen MR) is 130 cm³/mol. The molecule has 0 spiro atoms. The fourth-order valence-corrected chi connectivity index (χ4v) is 5.08. The summed E-state index contributed by atoms with van der Waals surface area (Å²) in [6.45, 7) is 4.57. The maximum absolute atomic E-state index is 13.5. The van der Waals surface area contributed by atoms with Crippen molar-refractivity contribution in [1.29, 1.82) is 0 Å². The van der Waals surface area contributed by atoms with E-state index in [1.54, 1.807) is 24.0 Å². The molecule has 3 aromatic heterocycles. The van der Waals surface area contributed by atoms with Crippen molar-refractivity contribution in [3.8, 4) is 27.6 Å². The highest BCUT2D eigenvalue weighted by atomic mass is 32.1. The average molecular weight is 508 g/mol. The van der Waals surface area contributed by atoms with Gasteiger partial charge in [-0.25, -0.2) is 4.39 Å². The summed E-state index contributed by atoms with van der Waals surface area (Å²) < 4.78 is 25.1. The lowest BCUT2D eigenvalue weighted by atomic mass is 9.97. The number of rotatable bonds is 8. The van der Waals surface area contributed by atoms with Crippen LogP contribution >= 0.6 is 11.3 Å². The molecule has 4 heterocycles. The maximum atomic E-state index is 13.5. The number of nitrogens with two attached hydrogens (primary N) is 1. The van der Waals surface area contributed by atoms with Crippen molar-refractivity contribution in [1.82, 2.24) is 20.1 Å². The monoisotopic (exact) mass is 507 g/mol. The number of primary amides is 1. The zero-order valence-corrected chi connectivity index (χ0v) is 20.4. The summed E-state index contributed by atoms with van der Waals surface area (Å²) in [7, 11) is 0. The minimum Gasteiger partial charge on any atom is -0.487 e. The molecule has 0 radical (unpaired) electrons. The molecule has 2 amide bonds. The van der Waals surface area contributed by atoms with Crippen LogP contribution in [0.25, 0.3) is 21.9 Å². The van der Waals surface area contributed by atoms with Gasteiger partial charge in [0.05, 0.1) is 33.9 Å². The number of ether oxygens (including phenoxy) is 1. The van der Waals surface area contributed by atoms with E-state index in [2.05, 4.69) is 10.2 Å². The summed E-state index contributed by atoms with van der Waals surface area (Å²) >= 11 is 1.17. The van der Waals surface area contributed by atoms with Gasteiger partial charge in [-0.2, -0.15) is 0 Å². The standard InChI is InChI=1S/C25H22FN5O4S/c1-3-10-31-11-16-21(25(31)33)22(18-8-9-19(36-18)23(27)32)20(24-30-29-13(2)35-24)17(28-16)12-34-15-6-4-14(26)5-7-15/h4-9H,3,10-12H2,1-2H3,(H2,27,32). The lowest BCUT2D eigenvalue weighted by molar-refractivity contribution is 0.0778. The van der Waals surface area contributed by atoms with Crippen molar-refractivity contribution in [3.05, 3.63) is 69.9 Å². The third kappa shape index (κ3) is 4.33. The zero-order chi connectivity index (χ0) is 25.4. The number of halogens is 1. The second-order valence-corrected chi connectivity index (χ2v) is 9.34. The number of pyridine rings is 1. The summed E-state index contributed by atoms with van der Waals surface area (Å²) in [6, 6.07) is 9.01. The number of hydrogen-bond donors (Lipinski definition) is 1. The van der Waals surface area contributed by atoms with E-state index in [9.17, 15) is 14.0 Å². The van der Waals surface area contributed by atoms with Gasteiger partial charge in [0.1, 0.15) is 18.2 Å². The number of amides is 2.